The van der Waals surface area contributed by atoms with Gasteiger partial charge < -0.3 is 15.5 Å². The second-order valence-corrected chi connectivity index (χ2v) is 6.73. The number of rotatable bonds is 3. The van der Waals surface area contributed by atoms with Gasteiger partial charge in [-0.15, -0.1) is 0 Å². The highest BCUT2D eigenvalue weighted by molar-refractivity contribution is 5.76. The number of amides is 3. The standard InChI is InChI=1S/C15H29N3O2/c1-6-13(19)18-9-7-8-12(10-18)11(2)16-14(20)17-15(3,4)5/h11-12H,6-10H2,1-5H3,(H2,16,17,20)/t11-,12+/m0/s1. The van der Waals surface area contributed by atoms with Crippen LogP contribution in [0.15, 0.2) is 0 Å². The molecule has 0 aliphatic carbocycles. The van der Waals surface area contributed by atoms with Crippen molar-refractivity contribution in [3.8, 4) is 0 Å². The van der Waals surface area contributed by atoms with Crippen molar-refractivity contribution in [1.29, 1.82) is 0 Å². The Morgan fingerprint density at radius 2 is 2.00 bits per heavy atom. The van der Waals surface area contributed by atoms with Crippen molar-refractivity contribution in [2.45, 2.75) is 65.5 Å². The average molecular weight is 283 g/mol. The molecule has 0 saturated carbocycles. The first-order valence-electron chi connectivity index (χ1n) is 7.59. The summed E-state index contributed by atoms with van der Waals surface area (Å²) in [7, 11) is 0. The first-order chi connectivity index (χ1) is 9.23. The van der Waals surface area contributed by atoms with Crippen molar-refractivity contribution in [1.82, 2.24) is 15.5 Å². The summed E-state index contributed by atoms with van der Waals surface area (Å²) < 4.78 is 0. The molecular formula is C15H29N3O2. The molecule has 1 aliphatic heterocycles. The Morgan fingerprint density at radius 3 is 2.55 bits per heavy atom. The molecular weight excluding hydrogens is 254 g/mol. The Morgan fingerprint density at radius 1 is 1.35 bits per heavy atom. The monoisotopic (exact) mass is 283 g/mol. The lowest BCUT2D eigenvalue weighted by atomic mass is 9.91. The van der Waals surface area contributed by atoms with Crippen LogP contribution in [0, 0.1) is 5.92 Å². The maximum Gasteiger partial charge on any atom is 0.315 e. The van der Waals surface area contributed by atoms with Crippen molar-refractivity contribution >= 4 is 11.9 Å². The average Bonchev–Trinajstić information content (AvgIpc) is 2.35. The van der Waals surface area contributed by atoms with Crippen LogP contribution < -0.4 is 10.6 Å². The Kier molecular flexibility index (Phi) is 5.84. The summed E-state index contributed by atoms with van der Waals surface area (Å²) in [6.45, 7) is 11.4. The van der Waals surface area contributed by atoms with E-state index in [0.29, 0.717) is 12.3 Å². The van der Waals surface area contributed by atoms with Crippen LogP contribution in [0.2, 0.25) is 0 Å². The topological polar surface area (TPSA) is 61.4 Å². The normalized spacial score (nSPS) is 21.2. The molecule has 1 saturated heterocycles. The SMILES string of the molecule is CCC(=O)N1CCC[C@@H]([C@H](C)NC(=O)NC(C)(C)C)C1. The molecule has 0 bridgehead atoms. The second kappa shape index (κ2) is 6.95. The Labute approximate surface area is 122 Å². The number of carbonyl (C=O) groups excluding carboxylic acids is 2. The fourth-order valence-corrected chi connectivity index (χ4v) is 2.57. The van der Waals surface area contributed by atoms with Gasteiger partial charge in [0.1, 0.15) is 0 Å². The summed E-state index contributed by atoms with van der Waals surface area (Å²) in [4.78, 5) is 25.6. The Hall–Kier alpha value is -1.26. The third-order valence-corrected chi connectivity index (χ3v) is 3.67. The molecule has 3 amide bonds. The molecule has 116 valence electrons. The smallest absolute Gasteiger partial charge is 0.315 e. The maximum absolute atomic E-state index is 11.9. The fourth-order valence-electron chi connectivity index (χ4n) is 2.57. The molecule has 5 heteroatoms. The molecule has 1 heterocycles. The van der Waals surface area contributed by atoms with Crippen molar-refractivity contribution in [2.24, 2.45) is 5.92 Å². The molecule has 0 unspecified atom stereocenters. The minimum atomic E-state index is -0.236. The summed E-state index contributed by atoms with van der Waals surface area (Å²) in [5.74, 6) is 0.547. The van der Waals surface area contributed by atoms with Gasteiger partial charge in [0.2, 0.25) is 5.91 Å². The van der Waals surface area contributed by atoms with E-state index in [0.717, 1.165) is 25.9 Å². The number of hydrogen-bond donors (Lipinski definition) is 2. The minimum Gasteiger partial charge on any atom is -0.342 e. The van der Waals surface area contributed by atoms with E-state index in [1.54, 1.807) is 0 Å². The molecule has 0 aromatic rings. The minimum absolute atomic E-state index is 0.0739. The lowest BCUT2D eigenvalue weighted by molar-refractivity contribution is -0.132. The van der Waals surface area contributed by atoms with Crippen LogP contribution in [0.4, 0.5) is 4.79 Å². The van der Waals surface area contributed by atoms with Gasteiger partial charge >= 0.3 is 6.03 Å². The van der Waals surface area contributed by atoms with E-state index in [1.807, 2.05) is 39.5 Å². The molecule has 0 spiro atoms. The van der Waals surface area contributed by atoms with Crippen LogP contribution >= 0.6 is 0 Å². The van der Waals surface area contributed by atoms with Crippen LogP contribution in [0.5, 0.6) is 0 Å². The fraction of sp³-hybridized carbons (Fsp3) is 0.867. The molecule has 0 radical (unpaired) electrons. The van der Waals surface area contributed by atoms with Gasteiger partial charge in [-0.3, -0.25) is 4.79 Å². The number of urea groups is 1. The highest BCUT2D eigenvalue weighted by Crippen LogP contribution is 2.20. The number of nitrogens with zero attached hydrogens (tertiary/aromatic N) is 1. The van der Waals surface area contributed by atoms with E-state index < -0.39 is 0 Å². The molecule has 20 heavy (non-hydrogen) atoms. The molecule has 0 aromatic carbocycles. The summed E-state index contributed by atoms with van der Waals surface area (Å²) in [6, 6.07) is -0.0613. The molecule has 1 aliphatic rings. The molecule has 0 aromatic heterocycles. The summed E-state index contributed by atoms with van der Waals surface area (Å²) >= 11 is 0. The quantitative estimate of drug-likeness (QED) is 0.833. The highest BCUT2D eigenvalue weighted by Gasteiger charge is 2.28. The molecule has 2 atom stereocenters. The van der Waals surface area contributed by atoms with E-state index in [-0.39, 0.29) is 23.5 Å². The third kappa shape index (κ3) is 5.39. The van der Waals surface area contributed by atoms with Crippen molar-refractivity contribution in [3.63, 3.8) is 0 Å². The van der Waals surface area contributed by atoms with Gasteiger partial charge in [0, 0.05) is 31.1 Å². The van der Waals surface area contributed by atoms with Gasteiger partial charge in [-0.05, 0) is 46.5 Å². The predicted octanol–water partition coefficient (Wildman–Crippen LogP) is 2.12. The van der Waals surface area contributed by atoms with Crippen molar-refractivity contribution < 1.29 is 9.59 Å². The number of carbonyl (C=O) groups is 2. The molecule has 5 nitrogen and oxygen atoms in total. The largest absolute Gasteiger partial charge is 0.342 e. The number of piperidine rings is 1. The zero-order valence-electron chi connectivity index (χ0n) is 13.5. The second-order valence-electron chi connectivity index (χ2n) is 6.73. The zero-order chi connectivity index (χ0) is 15.3. The van der Waals surface area contributed by atoms with Crippen LogP contribution in [0.25, 0.3) is 0 Å². The lowest BCUT2D eigenvalue weighted by Gasteiger charge is -2.36. The van der Waals surface area contributed by atoms with Gasteiger partial charge in [-0.2, -0.15) is 0 Å². The van der Waals surface area contributed by atoms with Gasteiger partial charge in [0.05, 0.1) is 0 Å². The lowest BCUT2D eigenvalue weighted by Crippen LogP contribution is -2.53. The van der Waals surface area contributed by atoms with E-state index in [9.17, 15) is 9.59 Å². The van der Waals surface area contributed by atoms with Gasteiger partial charge in [0.25, 0.3) is 0 Å². The van der Waals surface area contributed by atoms with Crippen LogP contribution in [-0.2, 0) is 4.79 Å². The summed E-state index contributed by atoms with van der Waals surface area (Å²) in [5.41, 5.74) is -0.236. The van der Waals surface area contributed by atoms with E-state index in [2.05, 4.69) is 10.6 Å². The summed E-state index contributed by atoms with van der Waals surface area (Å²) in [5, 5.41) is 5.90. The Bertz CT molecular complexity index is 350. The van der Waals surface area contributed by atoms with Gasteiger partial charge in [-0.1, -0.05) is 6.92 Å². The van der Waals surface area contributed by atoms with Crippen LogP contribution in [-0.4, -0.2) is 41.5 Å². The van der Waals surface area contributed by atoms with Crippen LogP contribution in [0.3, 0.4) is 0 Å². The number of nitrogens with one attached hydrogen (secondary N) is 2. The number of hydrogen-bond acceptors (Lipinski definition) is 2. The first-order valence-corrected chi connectivity index (χ1v) is 7.59. The van der Waals surface area contributed by atoms with Crippen molar-refractivity contribution in [2.75, 3.05) is 13.1 Å². The van der Waals surface area contributed by atoms with Gasteiger partial charge in [-0.25, -0.2) is 4.79 Å². The predicted molar refractivity (Wildman–Crippen MR) is 80.5 cm³/mol. The molecule has 1 rings (SSSR count). The highest BCUT2D eigenvalue weighted by atomic mass is 16.2. The maximum atomic E-state index is 11.9. The molecule has 1 fully saturated rings. The van der Waals surface area contributed by atoms with E-state index >= 15 is 0 Å². The van der Waals surface area contributed by atoms with Gasteiger partial charge in [0.15, 0.2) is 0 Å². The zero-order valence-corrected chi connectivity index (χ0v) is 13.5. The van der Waals surface area contributed by atoms with Crippen LogP contribution in [0.1, 0.15) is 53.9 Å². The number of likely N-dealkylation sites (tertiary alicyclic amines) is 1. The first kappa shape index (κ1) is 16.8. The van der Waals surface area contributed by atoms with Crippen molar-refractivity contribution in [3.05, 3.63) is 0 Å². The van der Waals surface area contributed by atoms with E-state index in [1.165, 1.54) is 0 Å². The third-order valence-electron chi connectivity index (χ3n) is 3.67. The Balaban J connectivity index is 2.48. The van der Waals surface area contributed by atoms with E-state index in [4.69, 9.17) is 0 Å². The summed E-state index contributed by atoms with van der Waals surface area (Å²) in [6.07, 6.45) is 2.63. The molecule has 2 N–H and O–H groups in total.